The number of carbonyl (C=O) groups excluding carboxylic acids is 2. The van der Waals surface area contributed by atoms with Crippen molar-refractivity contribution in [3.8, 4) is 0 Å². The summed E-state index contributed by atoms with van der Waals surface area (Å²) in [6.07, 6.45) is -6.05. The zero-order chi connectivity index (χ0) is 19.5. The second-order valence-corrected chi connectivity index (χ2v) is 6.88. The number of nitrogens with zero attached hydrogens (tertiary/aromatic N) is 1. The van der Waals surface area contributed by atoms with E-state index >= 15 is 0 Å². The number of amides is 1. The third kappa shape index (κ3) is 4.94. The van der Waals surface area contributed by atoms with Crippen LogP contribution in [-0.2, 0) is 24.3 Å². The van der Waals surface area contributed by atoms with Gasteiger partial charge in [0.1, 0.15) is 18.9 Å². The Balaban J connectivity index is 1.95. The standard InChI is InChI=1S/C14H14F3N3O5S/c1-8(13(22)19-7-14(15,16)17)25-11(21)6-18-12-9-4-2-3-5-10(9)26(23,24)20-12/h2-5,8H,6-7H2,1H3,(H,18,20)(H,19,22)/t8-/m1/s1. The van der Waals surface area contributed by atoms with Crippen LogP contribution >= 0.6 is 0 Å². The van der Waals surface area contributed by atoms with Crippen molar-refractivity contribution in [2.24, 2.45) is 4.99 Å². The second-order valence-electron chi connectivity index (χ2n) is 5.23. The molecule has 1 aromatic carbocycles. The molecule has 0 saturated carbocycles. The van der Waals surface area contributed by atoms with Crippen molar-refractivity contribution in [1.29, 1.82) is 0 Å². The van der Waals surface area contributed by atoms with Gasteiger partial charge in [-0.05, 0) is 19.1 Å². The van der Waals surface area contributed by atoms with E-state index in [9.17, 15) is 31.2 Å². The SMILES string of the molecule is C[C@@H](OC(=O)CN=C1NS(=O)(=O)c2ccccc21)C(=O)NCC(F)(F)F. The Morgan fingerprint density at radius 1 is 1.31 bits per heavy atom. The maximum absolute atomic E-state index is 12.0. The molecule has 8 nitrogen and oxygen atoms in total. The van der Waals surface area contributed by atoms with E-state index in [4.69, 9.17) is 0 Å². The molecule has 1 aliphatic heterocycles. The van der Waals surface area contributed by atoms with Gasteiger partial charge in [-0.3, -0.25) is 19.3 Å². The third-order valence-corrected chi connectivity index (χ3v) is 4.57. The molecule has 26 heavy (non-hydrogen) atoms. The van der Waals surface area contributed by atoms with Gasteiger partial charge in [-0.2, -0.15) is 13.2 Å². The van der Waals surface area contributed by atoms with Gasteiger partial charge in [-0.25, -0.2) is 8.42 Å². The number of ether oxygens (including phenoxy) is 1. The van der Waals surface area contributed by atoms with Gasteiger partial charge in [0.2, 0.25) is 0 Å². The summed E-state index contributed by atoms with van der Waals surface area (Å²) in [4.78, 5) is 26.9. The van der Waals surface area contributed by atoms with E-state index in [1.165, 1.54) is 18.2 Å². The first-order valence-electron chi connectivity index (χ1n) is 7.20. The molecule has 2 N–H and O–H groups in total. The first-order valence-corrected chi connectivity index (χ1v) is 8.68. The van der Waals surface area contributed by atoms with E-state index in [0.29, 0.717) is 0 Å². The molecule has 0 spiro atoms. The number of amidine groups is 1. The molecule has 0 aromatic heterocycles. The summed E-state index contributed by atoms with van der Waals surface area (Å²) in [5.74, 6) is -2.18. The first-order chi connectivity index (χ1) is 12.0. The van der Waals surface area contributed by atoms with Crippen LogP contribution in [-0.4, -0.2) is 51.5 Å². The van der Waals surface area contributed by atoms with E-state index in [0.717, 1.165) is 6.92 Å². The van der Waals surface area contributed by atoms with Gasteiger partial charge < -0.3 is 10.1 Å². The Morgan fingerprint density at radius 2 is 1.96 bits per heavy atom. The van der Waals surface area contributed by atoms with Crippen LogP contribution in [0, 0.1) is 0 Å². The Kier molecular flexibility index (Phi) is 5.54. The zero-order valence-electron chi connectivity index (χ0n) is 13.3. The molecule has 142 valence electrons. The summed E-state index contributed by atoms with van der Waals surface area (Å²) in [7, 11) is -3.76. The number of hydrogen-bond donors (Lipinski definition) is 2. The number of esters is 1. The number of alkyl halides is 3. The predicted molar refractivity (Wildman–Crippen MR) is 82.8 cm³/mol. The van der Waals surface area contributed by atoms with Crippen molar-refractivity contribution in [2.45, 2.75) is 24.1 Å². The van der Waals surface area contributed by atoms with Crippen LogP contribution in [0.15, 0.2) is 34.2 Å². The summed E-state index contributed by atoms with van der Waals surface area (Å²) in [5, 5.41) is 1.58. The predicted octanol–water partition coefficient (Wildman–Crippen LogP) is 0.335. The summed E-state index contributed by atoms with van der Waals surface area (Å²) >= 11 is 0. The van der Waals surface area contributed by atoms with Gasteiger partial charge in [-0.1, -0.05) is 12.1 Å². The molecule has 0 saturated heterocycles. The van der Waals surface area contributed by atoms with Gasteiger partial charge in [0.25, 0.3) is 15.9 Å². The average molecular weight is 393 g/mol. The van der Waals surface area contributed by atoms with Crippen LogP contribution in [0.25, 0.3) is 0 Å². The molecule has 2 rings (SSSR count). The Bertz CT molecular complexity index is 852. The summed E-state index contributed by atoms with van der Waals surface area (Å²) in [6, 6.07) is 5.97. The lowest BCUT2D eigenvalue weighted by Crippen LogP contribution is -2.41. The lowest BCUT2D eigenvalue weighted by Gasteiger charge is -2.14. The molecule has 0 radical (unpaired) electrons. The molecule has 1 atom stereocenters. The van der Waals surface area contributed by atoms with E-state index < -0.39 is 47.3 Å². The molecular weight excluding hydrogens is 379 g/mol. The number of nitrogens with one attached hydrogen (secondary N) is 2. The van der Waals surface area contributed by atoms with E-state index in [2.05, 4.69) is 14.5 Å². The first kappa shape index (κ1) is 19.7. The highest BCUT2D eigenvalue weighted by Gasteiger charge is 2.31. The van der Waals surface area contributed by atoms with E-state index in [1.54, 1.807) is 11.4 Å². The largest absolute Gasteiger partial charge is 0.451 e. The van der Waals surface area contributed by atoms with Gasteiger partial charge >= 0.3 is 12.1 Å². The van der Waals surface area contributed by atoms with Crippen LogP contribution in [0.2, 0.25) is 0 Å². The van der Waals surface area contributed by atoms with Crippen LogP contribution in [0.4, 0.5) is 13.2 Å². The minimum absolute atomic E-state index is 0.00649. The summed E-state index contributed by atoms with van der Waals surface area (Å²) < 4.78 is 66.7. The quantitative estimate of drug-likeness (QED) is 0.700. The third-order valence-electron chi connectivity index (χ3n) is 3.17. The molecule has 0 bridgehead atoms. The Hall–Kier alpha value is -2.63. The average Bonchev–Trinajstić information content (AvgIpc) is 2.81. The van der Waals surface area contributed by atoms with Crippen molar-refractivity contribution in [3.63, 3.8) is 0 Å². The number of halogens is 3. The van der Waals surface area contributed by atoms with Crippen molar-refractivity contribution >= 4 is 27.7 Å². The number of sulfonamides is 1. The highest BCUT2D eigenvalue weighted by atomic mass is 32.2. The highest BCUT2D eigenvalue weighted by Crippen LogP contribution is 2.22. The zero-order valence-corrected chi connectivity index (χ0v) is 14.1. The molecule has 1 aromatic rings. The van der Waals surface area contributed by atoms with Crippen LogP contribution in [0.3, 0.4) is 0 Å². The van der Waals surface area contributed by atoms with E-state index in [1.807, 2.05) is 0 Å². The van der Waals surface area contributed by atoms with Crippen molar-refractivity contribution in [2.75, 3.05) is 13.1 Å². The lowest BCUT2D eigenvalue weighted by molar-refractivity contribution is -0.156. The molecule has 0 fully saturated rings. The fraction of sp³-hybridized carbons (Fsp3) is 0.357. The molecule has 12 heteroatoms. The van der Waals surface area contributed by atoms with Gasteiger partial charge in [0.15, 0.2) is 6.10 Å². The van der Waals surface area contributed by atoms with Crippen molar-refractivity contribution in [1.82, 2.24) is 10.0 Å². The maximum Gasteiger partial charge on any atom is 0.405 e. The number of carbonyl (C=O) groups is 2. The fourth-order valence-corrected chi connectivity index (χ4v) is 3.26. The van der Waals surface area contributed by atoms with Gasteiger partial charge in [0.05, 0.1) is 4.90 Å². The van der Waals surface area contributed by atoms with Crippen molar-refractivity contribution in [3.05, 3.63) is 29.8 Å². The number of hydrogen-bond acceptors (Lipinski definition) is 6. The molecule has 0 aliphatic carbocycles. The monoisotopic (exact) mass is 393 g/mol. The molecule has 1 amide bonds. The normalized spacial score (nSPS) is 17.9. The Morgan fingerprint density at radius 3 is 2.62 bits per heavy atom. The summed E-state index contributed by atoms with van der Waals surface area (Å²) in [6.45, 7) is -1.07. The van der Waals surface area contributed by atoms with Crippen LogP contribution in [0.1, 0.15) is 12.5 Å². The van der Waals surface area contributed by atoms with Crippen LogP contribution in [0.5, 0.6) is 0 Å². The highest BCUT2D eigenvalue weighted by molar-refractivity contribution is 7.90. The van der Waals surface area contributed by atoms with Crippen LogP contribution < -0.4 is 10.0 Å². The lowest BCUT2D eigenvalue weighted by atomic mass is 10.2. The summed E-state index contributed by atoms with van der Waals surface area (Å²) in [5.41, 5.74) is 0.274. The molecule has 1 aliphatic rings. The number of rotatable bonds is 5. The molecule has 1 heterocycles. The number of fused-ring (bicyclic) bond motifs is 1. The molecule has 0 unspecified atom stereocenters. The topological polar surface area (TPSA) is 114 Å². The fourth-order valence-electron chi connectivity index (χ4n) is 2.01. The van der Waals surface area contributed by atoms with Gasteiger partial charge in [0, 0.05) is 5.56 Å². The number of aliphatic imine (C=N–C) groups is 1. The Labute approximate surface area is 146 Å². The van der Waals surface area contributed by atoms with Crippen molar-refractivity contribution < 1.29 is 35.9 Å². The van der Waals surface area contributed by atoms with E-state index in [-0.39, 0.29) is 16.3 Å². The smallest absolute Gasteiger partial charge is 0.405 e. The number of benzene rings is 1. The minimum Gasteiger partial charge on any atom is -0.451 e. The van der Waals surface area contributed by atoms with Gasteiger partial charge in [-0.15, -0.1) is 0 Å². The maximum atomic E-state index is 12.0. The molecular formula is C14H14F3N3O5S. The second kappa shape index (κ2) is 7.32. The minimum atomic E-state index is -4.58.